The molecule has 1 aliphatic rings. The minimum atomic E-state index is -0.579. The fraction of sp³-hybridized carbons (Fsp3) is 0.190. The van der Waals surface area contributed by atoms with Crippen LogP contribution in [0.25, 0.3) is 11.0 Å². The molecule has 152 valence electrons. The Labute approximate surface area is 171 Å². The third-order valence-electron chi connectivity index (χ3n) is 5.32. The number of benzene rings is 2. The molecule has 0 spiro atoms. The Morgan fingerprint density at radius 3 is 2.80 bits per heavy atom. The van der Waals surface area contributed by atoms with Gasteiger partial charge in [-0.2, -0.15) is 15.1 Å². The third kappa shape index (κ3) is 3.28. The molecule has 0 saturated heterocycles. The summed E-state index contributed by atoms with van der Waals surface area (Å²) in [5, 5.41) is 7.69. The molecule has 2 aromatic heterocycles. The van der Waals surface area contributed by atoms with E-state index in [4.69, 9.17) is 5.73 Å². The molecule has 0 unspecified atom stereocenters. The second-order valence-corrected chi connectivity index (χ2v) is 7.25. The van der Waals surface area contributed by atoms with Crippen LogP contribution in [0, 0.1) is 11.6 Å². The van der Waals surface area contributed by atoms with Gasteiger partial charge in [0.2, 0.25) is 5.95 Å². The van der Waals surface area contributed by atoms with E-state index in [1.165, 1.54) is 12.1 Å². The Balaban J connectivity index is 1.51. The summed E-state index contributed by atoms with van der Waals surface area (Å²) in [6.07, 6.45) is 1.69. The third-order valence-corrected chi connectivity index (χ3v) is 5.32. The maximum atomic E-state index is 14.3. The number of nitrogens with zero attached hydrogens (tertiary/aromatic N) is 5. The highest BCUT2D eigenvalue weighted by molar-refractivity contribution is 5.87. The van der Waals surface area contributed by atoms with Crippen molar-refractivity contribution in [3.8, 4) is 0 Å². The number of nitrogens with one attached hydrogen (secondary N) is 1. The molecule has 0 bridgehead atoms. The van der Waals surface area contributed by atoms with Gasteiger partial charge >= 0.3 is 0 Å². The van der Waals surface area contributed by atoms with Crippen molar-refractivity contribution < 1.29 is 8.78 Å². The van der Waals surface area contributed by atoms with E-state index < -0.39 is 11.6 Å². The number of H-pyrrole nitrogens is 1. The first kappa shape index (κ1) is 18.3. The molecule has 1 aliphatic heterocycles. The number of rotatable bonds is 3. The Hall–Kier alpha value is -3.75. The number of aromatic nitrogens is 4. The highest BCUT2D eigenvalue weighted by Gasteiger charge is 2.23. The fourth-order valence-corrected chi connectivity index (χ4v) is 3.88. The van der Waals surface area contributed by atoms with Crippen LogP contribution in [-0.2, 0) is 13.1 Å². The lowest BCUT2D eigenvalue weighted by molar-refractivity contribution is 0.569. The molecule has 0 atom stereocenters. The summed E-state index contributed by atoms with van der Waals surface area (Å²) in [4.78, 5) is 12.9. The molecule has 9 heteroatoms. The highest BCUT2D eigenvalue weighted by Crippen LogP contribution is 2.31. The topological polar surface area (TPSA) is 87.0 Å². The summed E-state index contributed by atoms with van der Waals surface area (Å²) in [6, 6.07) is 11.7. The maximum absolute atomic E-state index is 14.3. The number of anilines is 3. The SMILES string of the molecule is Nc1nc(N2CCN(Cc3ccc(F)cc3F)c3ccccc3C2)c2cn[nH]c2n1. The molecule has 0 amide bonds. The van der Waals surface area contributed by atoms with Gasteiger partial charge in [0.25, 0.3) is 0 Å². The van der Waals surface area contributed by atoms with Gasteiger partial charge in [0.05, 0.1) is 11.6 Å². The summed E-state index contributed by atoms with van der Waals surface area (Å²) in [5.74, 6) is -0.248. The molecule has 3 N–H and O–H groups in total. The average molecular weight is 407 g/mol. The van der Waals surface area contributed by atoms with Gasteiger partial charge in [-0.25, -0.2) is 8.78 Å². The molecular formula is C21H19F2N7. The quantitative estimate of drug-likeness (QED) is 0.542. The van der Waals surface area contributed by atoms with Crippen LogP contribution < -0.4 is 15.5 Å². The Kier molecular flexibility index (Phi) is 4.42. The van der Waals surface area contributed by atoms with Crippen LogP contribution in [-0.4, -0.2) is 33.3 Å². The fourth-order valence-electron chi connectivity index (χ4n) is 3.88. The van der Waals surface area contributed by atoms with E-state index in [1.807, 2.05) is 24.3 Å². The molecule has 3 heterocycles. The van der Waals surface area contributed by atoms with Crippen LogP contribution in [0.5, 0.6) is 0 Å². The Morgan fingerprint density at radius 2 is 1.93 bits per heavy atom. The van der Waals surface area contributed by atoms with E-state index in [9.17, 15) is 8.78 Å². The lowest BCUT2D eigenvalue weighted by Gasteiger charge is -2.25. The van der Waals surface area contributed by atoms with Crippen LogP contribution in [0.2, 0.25) is 0 Å². The van der Waals surface area contributed by atoms with Crippen molar-refractivity contribution >= 4 is 28.5 Å². The predicted octanol–water partition coefficient (Wildman–Crippen LogP) is 3.24. The van der Waals surface area contributed by atoms with Crippen molar-refractivity contribution in [3.63, 3.8) is 0 Å². The van der Waals surface area contributed by atoms with E-state index in [2.05, 4.69) is 30.0 Å². The number of nitrogen functional groups attached to an aromatic ring is 1. The number of fused-ring (bicyclic) bond motifs is 2. The van der Waals surface area contributed by atoms with Crippen LogP contribution >= 0.6 is 0 Å². The lowest BCUT2D eigenvalue weighted by atomic mass is 10.1. The first-order chi connectivity index (χ1) is 14.6. The Morgan fingerprint density at radius 1 is 1.07 bits per heavy atom. The van der Waals surface area contributed by atoms with Crippen LogP contribution in [0.4, 0.5) is 26.2 Å². The van der Waals surface area contributed by atoms with Gasteiger partial charge in [-0.3, -0.25) is 5.10 Å². The molecule has 0 aliphatic carbocycles. The zero-order chi connectivity index (χ0) is 20.7. The van der Waals surface area contributed by atoms with E-state index in [1.54, 1.807) is 6.20 Å². The highest BCUT2D eigenvalue weighted by atomic mass is 19.1. The van der Waals surface area contributed by atoms with Crippen LogP contribution in [0.15, 0.2) is 48.7 Å². The smallest absolute Gasteiger partial charge is 0.224 e. The molecular weight excluding hydrogens is 388 g/mol. The monoisotopic (exact) mass is 407 g/mol. The van der Waals surface area contributed by atoms with Crippen molar-refractivity contribution in [2.75, 3.05) is 28.6 Å². The molecule has 30 heavy (non-hydrogen) atoms. The van der Waals surface area contributed by atoms with Crippen molar-refractivity contribution in [2.24, 2.45) is 0 Å². The number of hydrogen-bond donors (Lipinski definition) is 2. The molecule has 0 fully saturated rings. The van der Waals surface area contributed by atoms with Gasteiger partial charge in [-0.15, -0.1) is 0 Å². The minimum absolute atomic E-state index is 0.171. The largest absolute Gasteiger partial charge is 0.368 e. The van der Waals surface area contributed by atoms with Gasteiger partial charge in [0.15, 0.2) is 5.65 Å². The number of hydrogen-bond acceptors (Lipinski definition) is 6. The average Bonchev–Trinajstić information content (AvgIpc) is 3.12. The first-order valence-electron chi connectivity index (χ1n) is 9.57. The van der Waals surface area contributed by atoms with E-state index in [-0.39, 0.29) is 5.95 Å². The number of para-hydroxylation sites is 1. The zero-order valence-electron chi connectivity index (χ0n) is 16.0. The molecule has 4 aromatic rings. The van der Waals surface area contributed by atoms with Gasteiger partial charge in [0, 0.05) is 43.5 Å². The summed E-state index contributed by atoms with van der Waals surface area (Å²) in [7, 11) is 0. The lowest BCUT2D eigenvalue weighted by Crippen LogP contribution is -2.32. The second-order valence-electron chi connectivity index (χ2n) is 7.25. The molecule has 2 aromatic carbocycles. The van der Waals surface area contributed by atoms with Gasteiger partial charge in [-0.1, -0.05) is 24.3 Å². The normalized spacial score (nSPS) is 14.1. The van der Waals surface area contributed by atoms with Crippen LogP contribution in [0.1, 0.15) is 11.1 Å². The Bertz CT molecular complexity index is 1220. The number of halogens is 2. The van der Waals surface area contributed by atoms with Crippen molar-refractivity contribution in [3.05, 3.63) is 71.4 Å². The maximum Gasteiger partial charge on any atom is 0.224 e. The van der Waals surface area contributed by atoms with Crippen molar-refractivity contribution in [1.82, 2.24) is 20.2 Å². The summed E-state index contributed by atoms with van der Waals surface area (Å²) >= 11 is 0. The second kappa shape index (κ2) is 7.25. The zero-order valence-corrected chi connectivity index (χ0v) is 16.0. The first-order valence-corrected chi connectivity index (χ1v) is 9.57. The number of aromatic amines is 1. The molecule has 0 saturated carbocycles. The van der Waals surface area contributed by atoms with E-state index in [0.29, 0.717) is 43.2 Å². The predicted molar refractivity (Wildman–Crippen MR) is 111 cm³/mol. The van der Waals surface area contributed by atoms with Crippen molar-refractivity contribution in [1.29, 1.82) is 0 Å². The summed E-state index contributed by atoms with van der Waals surface area (Å²) < 4.78 is 27.6. The number of nitrogens with two attached hydrogens (primary N) is 1. The van der Waals surface area contributed by atoms with Gasteiger partial charge in [0.1, 0.15) is 17.5 Å². The van der Waals surface area contributed by atoms with E-state index >= 15 is 0 Å². The van der Waals surface area contributed by atoms with E-state index in [0.717, 1.165) is 22.7 Å². The standard InChI is InChI=1S/C21H19F2N7/c22-15-6-5-13(17(23)9-15)11-29-7-8-30(12-14-3-1-2-4-18(14)29)20-16-10-25-28-19(16)26-21(24)27-20/h1-6,9-10H,7-8,11-12H2,(H3,24,25,26,27,28). The van der Waals surface area contributed by atoms with Crippen LogP contribution in [0.3, 0.4) is 0 Å². The van der Waals surface area contributed by atoms with Gasteiger partial charge < -0.3 is 15.5 Å². The summed E-state index contributed by atoms with van der Waals surface area (Å²) in [6.45, 7) is 2.20. The van der Waals surface area contributed by atoms with Gasteiger partial charge in [-0.05, 0) is 17.7 Å². The summed E-state index contributed by atoms with van der Waals surface area (Å²) in [5.41, 5.74) is 9.02. The molecule has 5 rings (SSSR count). The molecule has 7 nitrogen and oxygen atoms in total. The minimum Gasteiger partial charge on any atom is -0.368 e. The molecule has 0 radical (unpaired) electrons. The van der Waals surface area contributed by atoms with Crippen molar-refractivity contribution in [2.45, 2.75) is 13.1 Å².